The van der Waals surface area contributed by atoms with Crippen molar-refractivity contribution in [1.82, 2.24) is 0 Å². The van der Waals surface area contributed by atoms with Crippen LogP contribution in [0.4, 0.5) is 0 Å². The first-order valence-electron chi connectivity index (χ1n) is 4.73. The summed E-state index contributed by atoms with van der Waals surface area (Å²) in [7, 11) is 0. The molecule has 0 aromatic heterocycles. The number of rotatable bonds is 6. The summed E-state index contributed by atoms with van der Waals surface area (Å²) in [4.78, 5) is 10.5. The van der Waals surface area contributed by atoms with Crippen LogP contribution in [0.3, 0.4) is 0 Å². The Hall–Kier alpha value is -0.670. The van der Waals surface area contributed by atoms with Crippen molar-refractivity contribution in [3.05, 3.63) is 28.8 Å². The van der Waals surface area contributed by atoms with Gasteiger partial charge in [-0.25, -0.2) is 0 Å². The molecule has 0 amide bonds. The van der Waals surface area contributed by atoms with Gasteiger partial charge >= 0.3 is 0 Å². The van der Waals surface area contributed by atoms with Crippen molar-refractivity contribution in [2.24, 2.45) is 0 Å². The minimum absolute atomic E-state index is 0.487. The second kappa shape index (κ2) is 6.75. The van der Waals surface area contributed by atoms with Gasteiger partial charge in [-0.15, -0.1) is 0 Å². The van der Waals surface area contributed by atoms with Crippen LogP contribution in [0.2, 0.25) is 5.02 Å². The molecule has 0 radical (unpaired) electrons. The zero-order chi connectivity index (χ0) is 11.1. The molecule has 0 unspecified atom stereocenters. The van der Waals surface area contributed by atoms with E-state index < -0.39 is 0 Å². The van der Waals surface area contributed by atoms with Crippen LogP contribution in [0, 0.1) is 0 Å². The highest BCUT2D eigenvalue weighted by atomic mass is 35.5. The molecule has 1 aromatic carbocycles. The van der Waals surface area contributed by atoms with Crippen LogP contribution >= 0.6 is 23.4 Å². The highest BCUT2D eigenvalue weighted by Crippen LogP contribution is 2.24. The molecule has 0 atom stereocenters. The molecule has 0 heterocycles. The van der Waals surface area contributed by atoms with Crippen LogP contribution in [0.1, 0.15) is 17.3 Å². The summed E-state index contributed by atoms with van der Waals surface area (Å²) < 4.78 is 5.47. The maximum Gasteiger partial charge on any atom is 0.150 e. The SMILES string of the molecule is CCSCCOc1ccc(C=O)cc1Cl. The first-order chi connectivity index (χ1) is 7.27. The lowest BCUT2D eigenvalue weighted by molar-refractivity contribution is 0.112. The number of ether oxygens (including phenoxy) is 1. The Morgan fingerprint density at radius 1 is 1.53 bits per heavy atom. The van der Waals surface area contributed by atoms with E-state index in [2.05, 4.69) is 6.92 Å². The standard InChI is InChI=1S/C11H13ClO2S/c1-2-15-6-5-14-11-4-3-9(8-13)7-10(11)12/h3-4,7-8H,2,5-6H2,1H3. The number of hydrogen-bond donors (Lipinski definition) is 0. The lowest BCUT2D eigenvalue weighted by atomic mass is 10.2. The van der Waals surface area contributed by atoms with Gasteiger partial charge in [-0.05, 0) is 24.0 Å². The van der Waals surface area contributed by atoms with Crippen LogP contribution in [-0.4, -0.2) is 24.4 Å². The van der Waals surface area contributed by atoms with E-state index in [1.165, 1.54) is 0 Å². The fourth-order valence-corrected chi connectivity index (χ4v) is 1.80. The van der Waals surface area contributed by atoms with E-state index in [-0.39, 0.29) is 0 Å². The molecule has 1 rings (SSSR count). The van der Waals surface area contributed by atoms with Gasteiger partial charge in [0.15, 0.2) is 0 Å². The van der Waals surface area contributed by atoms with E-state index in [1.54, 1.807) is 18.2 Å². The summed E-state index contributed by atoms with van der Waals surface area (Å²) in [6.07, 6.45) is 0.766. The summed E-state index contributed by atoms with van der Waals surface area (Å²) in [5.41, 5.74) is 0.565. The molecular weight excluding hydrogens is 232 g/mol. The Bertz CT molecular complexity index is 328. The number of halogens is 1. The molecule has 4 heteroatoms. The van der Waals surface area contributed by atoms with E-state index in [1.807, 2.05) is 11.8 Å². The number of aldehydes is 1. The molecule has 1 aromatic rings. The molecule has 0 saturated carbocycles. The van der Waals surface area contributed by atoms with Gasteiger partial charge in [0.2, 0.25) is 0 Å². The minimum Gasteiger partial charge on any atom is -0.491 e. The largest absolute Gasteiger partial charge is 0.491 e. The van der Waals surface area contributed by atoms with Gasteiger partial charge in [0, 0.05) is 11.3 Å². The molecule has 82 valence electrons. The average molecular weight is 245 g/mol. The minimum atomic E-state index is 0.487. The molecule has 0 aliphatic rings. The zero-order valence-electron chi connectivity index (χ0n) is 8.53. The number of benzene rings is 1. The normalized spacial score (nSPS) is 10.0. The van der Waals surface area contributed by atoms with Crippen molar-refractivity contribution in [3.63, 3.8) is 0 Å². The maximum absolute atomic E-state index is 10.5. The van der Waals surface area contributed by atoms with Crippen LogP contribution in [0.15, 0.2) is 18.2 Å². The lowest BCUT2D eigenvalue weighted by Gasteiger charge is -2.07. The van der Waals surface area contributed by atoms with Crippen molar-refractivity contribution >= 4 is 29.6 Å². The van der Waals surface area contributed by atoms with Crippen molar-refractivity contribution in [2.75, 3.05) is 18.1 Å². The number of hydrogen-bond acceptors (Lipinski definition) is 3. The molecule has 0 N–H and O–H groups in total. The fourth-order valence-electron chi connectivity index (χ4n) is 1.06. The van der Waals surface area contributed by atoms with E-state index in [0.717, 1.165) is 17.8 Å². The van der Waals surface area contributed by atoms with Gasteiger partial charge in [-0.2, -0.15) is 11.8 Å². The van der Waals surface area contributed by atoms with Crippen molar-refractivity contribution in [3.8, 4) is 5.75 Å². The van der Waals surface area contributed by atoms with E-state index in [4.69, 9.17) is 16.3 Å². The van der Waals surface area contributed by atoms with Gasteiger partial charge in [-0.1, -0.05) is 18.5 Å². The van der Waals surface area contributed by atoms with Crippen molar-refractivity contribution in [2.45, 2.75) is 6.92 Å². The number of carbonyl (C=O) groups is 1. The topological polar surface area (TPSA) is 26.3 Å². The Labute approximate surface area is 99.0 Å². The average Bonchev–Trinajstić information content (AvgIpc) is 2.26. The van der Waals surface area contributed by atoms with Crippen LogP contribution in [0.25, 0.3) is 0 Å². The molecule has 2 nitrogen and oxygen atoms in total. The summed E-state index contributed by atoms with van der Waals surface area (Å²) >= 11 is 7.75. The van der Waals surface area contributed by atoms with E-state index >= 15 is 0 Å². The summed E-state index contributed by atoms with van der Waals surface area (Å²) in [5, 5.41) is 0.487. The third-order valence-electron chi connectivity index (χ3n) is 1.78. The summed E-state index contributed by atoms with van der Waals surface area (Å²) in [6.45, 7) is 2.75. The Balaban J connectivity index is 2.50. The first-order valence-corrected chi connectivity index (χ1v) is 6.26. The molecule has 0 aliphatic carbocycles. The third kappa shape index (κ3) is 4.14. The monoisotopic (exact) mass is 244 g/mol. The highest BCUT2D eigenvalue weighted by Gasteiger charge is 2.02. The smallest absolute Gasteiger partial charge is 0.150 e. The van der Waals surface area contributed by atoms with Gasteiger partial charge < -0.3 is 4.74 Å². The van der Waals surface area contributed by atoms with Crippen LogP contribution in [0.5, 0.6) is 5.75 Å². The van der Waals surface area contributed by atoms with Gasteiger partial charge in [0.25, 0.3) is 0 Å². The Morgan fingerprint density at radius 2 is 2.33 bits per heavy atom. The highest BCUT2D eigenvalue weighted by molar-refractivity contribution is 7.99. The maximum atomic E-state index is 10.5. The molecule has 0 saturated heterocycles. The van der Waals surface area contributed by atoms with Gasteiger partial charge in [0.05, 0.1) is 11.6 Å². The number of thioether (sulfide) groups is 1. The second-order valence-corrected chi connectivity index (χ2v) is 4.65. The molecule has 0 spiro atoms. The summed E-state index contributed by atoms with van der Waals surface area (Å²) in [5.74, 6) is 2.67. The van der Waals surface area contributed by atoms with Crippen LogP contribution < -0.4 is 4.74 Å². The molecular formula is C11H13ClO2S. The lowest BCUT2D eigenvalue weighted by Crippen LogP contribution is -2.01. The predicted octanol–water partition coefficient (Wildman–Crippen LogP) is 3.28. The quantitative estimate of drug-likeness (QED) is 0.568. The van der Waals surface area contributed by atoms with E-state index in [9.17, 15) is 4.79 Å². The van der Waals surface area contributed by atoms with Gasteiger partial charge in [-0.3, -0.25) is 4.79 Å². The number of carbonyl (C=O) groups excluding carboxylic acids is 1. The molecule has 0 aliphatic heterocycles. The third-order valence-corrected chi connectivity index (χ3v) is 2.94. The molecule has 0 fully saturated rings. The molecule has 0 bridgehead atoms. The Morgan fingerprint density at radius 3 is 2.93 bits per heavy atom. The molecule has 15 heavy (non-hydrogen) atoms. The van der Waals surface area contributed by atoms with E-state index in [0.29, 0.717) is 22.9 Å². The fraction of sp³-hybridized carbons (Fsp3) is 0.364. The van der Waals surface area contributed by atoms with Crippen molar-refractivity contribution < 1.29 is 9.53 Å². The second-order valence-electron chi connectivity index (χ2n) is 2.85. The Kier molecular flexibility index (Phi) is 5.58. The van der Waals surface area contributed by atoms with Crippen LogP contribution in [-0.2, 0) is 0 Å². The van der Waals surface area contributed by atoms with Gasteiger partial charge in [0.1, 0.15) is 12.0 Å². The zero-order valence-corrected chi connectivity index (χ0v) is 10.1. The first kappa shape index (κ1) is 12.4. The summed E-state index contributed by atoms with van der Waals surface area (Å²) in [6, 6.07) is 5.03. The predicted molar refractivity (Wildman–Crippen MR) is 65.3 cm³/mol. The van der Waals surface area contributed by atoms with Crippen molar-refractivity contribution in [1.29, 1.82) is 0 Å².